The van der Waals surface area contributed by atoms with Crippen molar-refractivity contribution in [2.75, 3.05) is 13.1 Å². The van der Waals surface area contributed by atoms with Crippen LogP contribution in [0.4, 0.5) is 0 Å². The zero-order chi connectivity index (χ0) is 17.2. The Morgan fingerprint density at radius 3 is 2.50 bits per heavy atom. The van der Waals surface area contributed by atoms with Crippen molar-refractivity contribution < 1.29 is 15.0 Å². The molecule has 1 aromatic rings. The first-order valence-electron chi connectivity index (χ1n) is 8.68. The molecule has 2 unspecified atom stereocenters. The number of nitrogens with zero attached hydrogens (tertiary/aromatic N) is 1. The number of carbonyl (C=O) groups is 1. The summed E-state index contributed by atoms with van der Waals surface area (Å²) in [6, 6.07) is 8.78. The average Bonchev–Trinajstić information content (AvgIpc) is 3.16. The van der Waals surface area contributed by atoms with Crippen LogP contribution in [0, 0.1) is 5.41 Å². The van der Waals surface area contributed by atoms with Crippen LogP contribution < -0.4 is 0 Å². The van der Waals surface area contributed by atoms with E-state index in [4.69, 9.17) is 0 Å². The van der Waals surface area contributed by atoms with E-state index in [1.807, 2.05) is 25.1 Å². The van der Waals surface area contributed by atoms with Crippen molar-refractivity contribution >= 4 is 5.97 Å². The van der Waals surface area contributed by atoms with Gasteiger partial charge in [-0.2, -0.15) is 0 Å². The quantitative estimate of drug-likeness (QED) is 0.871. The van der Waals surface area contributed by atoms with Crippen LogP contribution in [-0.4, -0.2) is 34.2 Å². The summed E-state index contributed by atoms with van der Waals surface area (Å²) in [5.41, 5.74) is -1.23. The molecule has 1 aromatic carbocycles. The molecule has 1 aliphatic carbocycles. The van der Waals surface area contributed by atoms with Gasteiger partial charge in [0.15, 0.2) is 5.60 Å². The largest absolute Gasteiger partial charge is 0.479 e. The molecule has 0 amide bonds. The molecular weight excluding hydrogens is 302 g/mol. The molecule has 2 aliphatic rings. The molecule has 128 valence electrons. The minimum atomic E-state index is -1.95. The summed E-state index contributed by atoms with van der Waals surface area (Å²) in [6.07, 6.45) is 9.28. The van der Waals surface area contributed by atoms with Gasteiger partial charge in [-0.3, -0.25) is 0 Å². The van der Waals surface area contributed by atoms with E-state index in [1.54, 1.807) is 24.3 Å². The van der Waals surface area contributed by atoms with E-state index in [2.05, 4.69) is 11.0 Å². The summed E-state index contributed by atoms with van der Waals surface area (Å²) >= 11 is 0. The van der Waals surface area contributed by atoms with Crippen LogP contribution in [0.15, 0.2) is 54.3 Å². The molecule has 0 spiro atoms. The van der Waals surface area contributed by atoms with Crippen LogP contribution in [0.25, 0.3) is 0 Å². The average molecular weight is 327 g/mol. The van der Waals surface area contributed by atoms with Gasteiger partial charge in [0.1, 0.15) is 0 Å². The van der Waals surface area contributed by atoms with Gasteiger partial charge in [0.05, 0.1) is 0 Å². The monoisotopic (exact) mass is 327 g/mol. The lowest BCUT2D eigenvalue weighted by Crippen LogP contribution is -2.52. The molecule has 0 radical (unpaired) electrons. The number of carboxylic acids is 1. The summed E-state index contributed by atoms with van der Waals surface area (Å²) in [4.78, 5) is 14.5. The minimum absolute atomic E-state index is 0.437. The smallest absolute Gasteiger partial charge is 0.341 e. The lowest BCUT2D eigenvalue weighted by atomic mass is 9.62. The Morgan fingerprint density at radius 1 is 1.25 bits per heavy atom. The second kappa shape index (κ2) is 6.44. The predicted molar refractivity (Wildman–Crippen MR) is 93.3 cm³/mol. The van der Waals surface area contributed by atoms with Crippen LogP contribution in [0.3, 0.4) is 0 Å². The van der Waals surface area contributed by atoms with E-state index in [1.165, 1.54) is 12.8 Å². The lowest BCUT2D eigenvalue weighted by Gasteiger charge is -2.45. The number of allylic oxidation sites excluding steroid dienone is 3. The Kier molecular flexibility index (Phi) is 4.50. The topological polar surface area (TPSA) is 60.8 Å². The summed E-state index contributed by atoms with van der Waals surface area (Å²) in [7, 11) is 0. The van der Waals surface area contributed by atoms with E-state index < -0.39 is 17.0 Å². The van der Waals surface area contributed by atoms with Crippen LogP contribution in [0.5, 0.6) is 0 Å². The van der Waals surface area contributed by atoms with Gasteiger partial charge in [0.2, 0.25) is 0 Å². The van der Waals surface area contributed by atoms with E-state index in [0.29, 0.717) is 18.4 Å². The fraction of sp³-hybridized carbons (Fsp3) is 0.450. The van der Waals surface area contributed by atoms with Gasteiger partial charge in [-0.1, -0.05) is 49.4 Å². The van der Waals surface area contributed by atoms with Gasteiger partial charge in [0, 0.05) is 30.6 Å². The summed E-state index contributed by atoms with van der Waals surface area (Å²) < 4.78 is 0. The predicted octanol–water partition coefficient (Wildman–Crippen LogP) is 3.29. The van der Waals surface area contributed by atoms with Crippen molar-refractivity contribution in [1.82, 2.24) is 4.90 Å². The molecule has 1 heterocycles. The molecule has 0 aromatic heterocycles. The second-order valence-corrected chi connectivity index (χ2v) is 6.78. The number of carboxylic acid groups (broad SMARTS) is 1. The van der Waals surface area contributed by atoms with Gasteiger partial charge >= 0.3 is 5.97 Å². The standard InChI is InChI=1S/C20H25NO3/c1-2-19(12-8-11-17(15-19)21-13-6-7-14-21)20(24,18(22)23)16-9-4-3-5-10-16/h3-5,8-12,24H,2,6-7,13-15H2,1H3,(H,22,23). The number of benzene rings is 1. The molecule has 2 atom stereocenters. The maximum atomic E-state index is 12.2. The van der Waals surface area contributed by atoms with Gasteiger partial charge in [-0.05, 0) is 30.9 Å². The molecule has 1 fully saturated rings. The number of hydrogen-bond donors (Lipinski definition) is 2. The molecule has 1 saturated heterocycles. The van der Waals surface area contributed by atoms with Crippen LogP contribution >= 0.6 is 0 Å². The number of aliphatic hydroxyl groups is 1. The zero-order valence-electron chi connectivity index (χ0n) is 14.1. The van der Waals surface area contributed by atoms with Crippen molar-refractivity contribution in [3.05, 3.63) is 59.8 Å². The first kappa shape index (κ1) is 16.8. The normalized spacial score (nSPS) is 26.1. The maximum absolute atomic E-state index is 12.2. The highest BCUT2D eigenvalue weighted by molar-refractivity contribution is 5.81. The third-order valence-electron chi connectivity index (χ3n) is 5.57. The minimum Gasteiger partial charge on any atom is -0.479 e. The van der Waals surface area contributed by atoms with E-state index in [-0.39, 0.29) is 0 Å². The Bertz CT molecular complexity index is 661. The number of hydrogen-bond acceptors (Lipinski definition) is 3. The lowest BCUT2D eigenvalue weighted by molar-refractivity contribution is -0.174. The Morgan fingerprint density at radius 2 is 1.92 bits per heavy atom. The van der Waals surface area contributed by atoms with Crippen molar-refractivity contribution in [3.63, 3.8) is 0 Å². The van der Waals surface area contributed by atoms with Crippen LogP contribution in [0.2, 0.25) is 0 Å². The van der Waals surface area contributed by atoms with Gasteiger partial charge in [0.25, 0.3) is 0 Å². The molecule has 1 aliphatic heterocycles. The first-order valence-corrected chi connectivity index (χ1v) is 8.68. The van der Waals surface area contributed by atoms with Crippen molar-refractivity contribution in [2.24, 2.45) is 5.41 Å². The van der Waals surface area contributed by atoms with Crippen LogP contribution in [0.1, 0.15) is 38.2 Å². The number of rotatable bonds is 5. The Labute approximate surface area is 143 Å². The molecule has 0 saturated carbocycles. The maximum Gasteiger partial charge on any atom is 0.341 e. The van der Waals surface area contributed by atoms with Gasteiger partial charge < -0.3 is 15.1 Å². The third kappa shape index (κ3) is 2.55. The molecule has 3 rings (SSSR count). The highest BCUT2D eigenvalue weighted by Crippen LogP contribution is 2.50. The highest BCUT2D eigenvalue weighted by atomic mass is 16.4. The molecule has 2 N–H and O–H groups in total. The molecular formula is C20H25NO3. The zero-order valence-corrected chi connectivity index (χ0v) is 14.1. The summed E-state index contributed by atoms with van der Waals surface area (Å²) in [6.45, 7) is 3.97. The molecule has 4 nitrogen and oxygen atoms in total. The fourth-order valence-electron chi connectivity index (χ4n) is 4.06. The van der Waals surface area contributed by atoms with Gasteiger partial charge in [-0.15, -0.1) is 0 Å². The highest BCUT2D eigenvalue weighted by Gasteiger charge is 2.55. The van der Waals surface area contributed by atoms with Crippen LogP contribution in [-0.2, 0) is 10.4 Å². The summed E-state index contributed by atoms with van der Waals surface area (Å²) in [5.74, 6) is -1.19. The molecule has 0 bridgehead atoms. The van der Waals surface area contributed by atoms with E-state index >= 15 is 0 Å². The molecule has 4 heteroatoms. The fourth-order valence-corrected chi connectivity index (χ4v) is 4.06. The van der Waals surface area contributed by atoms with E-state index in [9.17, 15) is 15.0 Å². The third-order valence-corrected chi connectivity index (χ3v) is 5.57. The van der Waals surface area contributed by atoms with Gasteiger partial charge in [-0.25, -0.2) is 4.79 Å². The number of aliphatic carboxylic acids is 1. The molecule has 24 heavy (non-hydrogen) atoms. The van der Waals surface area contributed by atoms with Crippen molar-refractivity contribution in [2.45, 2.75) is 38.2 Å². The van der Waals surface area contributed by atoms with Crippen molar-refractivity contribution in [3.8, 4) is 0 Å². The SMILES string of the molecule is CCC1(C(O)(C(=O)O)c2ccccc2)C=CC=C(N2CCCC2)C1. The van der Waals surface area contributed by atoms with Crippen molar-refractivity contribution in [1.29, 1.82) is 0 Å². The van der Waals surface area contributed by atoms with E-state index in [0.717, 1.165) is 18.8 Å². The number of likely N-dealkylation sites (tertiary alicyclic amines) is 1. The second-order valence-electron chi connectivity index (χ2n) is 6.78. The first-order chi connectivity index (χ1) is 11.5. The summed E-state index contributed by atoms with van der Waals surface area (Å²) in [5, 5.41) is 21.4. The Balaban J connectivity index is 2.03. The Hall–Kier alpha value is -2.07.